The third-order valence-corrected chi connectivity index (χ3v) is 4.42. The van der Waals surface area contributed by atoms with Gasteiger partial charge >= 0.3 is 0 Å². The highest BCUT2D eigenvalue weighted by Gasteiger charge is 2.33. The molecule has 0 bridgehead atoms. The molecule has 0 spiro atoms. The number of carbonyl (C=O) groups is 1. The largest absolute Gasteiger partial charge is 0.480 e. The first-order valence-electron chi connectivity index (χ1n) is 7.51. The number of likely N-dealkylation sites (tertiary alicyclic amines) is 1. The van der Waals surface area contributed by atoms with Gasteiger partial charge < -0.3 is 15.4 Å². The molecule has 0 aliphatic carbocycles. The van der Waals surface area contributed by atoms with Crippen LogP contribution in [0.5, 0.6) is 5.75 Å². The minimum atomic E-state index is -0.321. The summed E-state index contributed by atoms with van der Waals surface area (Å²) < 4.78 is 5.79. The van der Waals surface area contributed by atoms with Crippen molar-refractivity contribution in [2.45, 2.75) is 31.8 Å². The SMILES string of the molecule is NCCC1CCN(C(=O)C2Cc3ccccc3O2)CC1. The Bertz CT molecular complexity index is 456. The summed E-state index contributed by atoms with van der Waals surface area (Å²) in [5.74, 6) is 1.70. The van der Waals surface area contributed by atoms with Crippen LogP contribution in [0.2, 0.25) is 0 Å². The number of amides is 1. The summed E-state index contributed by atoms with van der Waals surface area (Å²) >= 11 is 0. The monoisotopic (exact) mass is 274 g/mol. The summed E-state index contributed by atoms with van der Waals surface area (Å²) in [6.07, 6.45) is 3.61. The fourth-order valence-corrected chi connectivity index (χ4v) is 3.20. The summed E-state index contributed by atoms with van der Waals surface area (Å²) in [6, 6.07) is 7.92. The van der Waals surface area contributed by atoms with E-state index in [9.17, 15) is 4.79 Å². The summed E-state index contributed by atoms with van der Waals surface area (Å²) in [4.78, 5) is 14.5. The van der Waals surface area contributed by atoms with Crippen molar-refractivity contribution in [1.82, 2.24) is 4.90 Å². The summed E-state index contributed by atoms with van der Waals surface area (Å²) in [5.41, 5.74) is 6.74. The second kappa shape index (κ2) is 5.83. The van der Waals surface area contributed by atoms with Crippen LogP contribution in [0.4, 0.5) is 0 Å². The Morgan fingerprint density at radius 2 is 2.05 bits per heavy atom. The summed E-state index contributed by atoms with van der Waals surface area (Å²) in [5, 5.41) is 0. The highest BCUT2D eigenvalue weighted by molar-refractivity contribution is 5.82. The van der Waals surface area contributed by atoms with Crippen LogP contribution < -0.4 is 10.5 Å². The number of para-hydroxylation sites is 1. The average molecular weight is 274 g/mol. The zero-order valence-corrected chi connectivity index (χ0v) is 11.8. The van der Waals surface area contributed by atoms with Crippen molar-refractivity contribution >= 4 is 5.91 Å². The smallest absolute Gasteiger partial charge is 0.263 e. The molecule has 1 unspecified atom stereocenters. The van der Waals surface area contributed by atoms with Crippen molar-refractivity contribution in [3.63, 3.8) is 0 Å². The molecule has 0 saturated carbocycles. The van der Waals surface area contributed by atoms with E-state index >= 15 is 0 Å². The Labute approximate surface area is 119 Å². The zero-order valence-electron chi connectivity index (χ0n) is 11.8. The lowest BCUT2D eigenvalue weighted by atomic mass is 9.93. The molecule has 4 nitrogen and oxygen atoms in total. The summed E-state index contributed by atoms with van der Waals surface area (Å²) in [6.45, 7) is 2.44. The molecule has 2 aliphatic heterocycles. The van der Waals surface area contributed by atoms with E-state index in [4.69, 9.17) is 10.5 Å². The van der Waals surface area contributed by atoms with Gasteiger partial charge in [-0.2, -0.15) is 0 Å². The molecule has 2 heterocycles. The third-order valence-electron chi connectivity index (χ3n) is 4.42. The molecule has 108 valence electrons. The molecule has 1 amide bonds. The molecular formula is C16H22N2O2. The van der Waals surface area contributed by atoms with Gasteiger partial charge in [0.05, 0.1) is 0 Å². The van der Waals surface area contributed by atoms with E-state index in [-0.39, 0.29) is 12.0 Å². The number of hydrogen-bond donors (Lipinski definition) is 1. The van der Waals surface area contributed by atoms with Crippen molar-refractivity contribution in [3.05, 3.63) is 29.8 Å². The van der Waals surface area contributed by atoms with E-state index in [1.165, 1.54) is 0 Å². The van der Waals surface area contributed by atoms with Crippen molar-refractivity contribution in [2.75, 3.05) is 19.6 Å². The van der Waals surface area contributed by atoms with Crippen molar-refractivity contribution in [1.29, 1.82) is 0 Å². The first kappa shape index (κ1) is 13.4. The number of nitrogens with zero attached hydrogens (tertiary/aromatic N) is 1. The molecule has 2 N–H and O–H groups in total. The van der Waals surface area contributed by atoms with Crippen LogP contribution in [0.3, 0.4) is 0 Å². The Balaban J connectivity index is 1.56. The van der Waals surface area contributed by atoms with Crippen LogP contribution in [0.15, 0.2) is 24.3 Å². The molecule has 1 atom stereocenters. The molecule has 20 heavy (non-hydrogen) atoms. The second-order valence-electron chi connectivity index (χ2n) is 5.76. The predicted molar refractivity (Wildman–Crippen MR) is 77.5 cm³/mol. The fraction of sp³-hybridized carbons (Fsp3) is 0.562. The quantitative estimate of drug-likeness (QED) is 0.910. The van der Waals surface area contributed by atoms with Crippen LogP contribution in [0.25, 0.3) is 0 Å². The Morgan fingerprint density at radius 3 is 2.75 bits per heavy atom. The highest BCUT2D eigenvalue weighted by atomic mass is 16.5. The predicted octanol–water partition coefficient (Wildman–Crippen LogP) is 1.58. The fourth-order valence-electron chi connectivity index (χ4n) is 3.20. The lowest BCUT2D eigenvalue weighted by molar-refractivity contribution is -0.139. The number of ether oxygens (including phenoxy) is 1. The average Bonchev–Trinajstić information content (AvgIpc) is 2.91. The van der Waals surface area contributed by atoms with Crippen molar-refractivity contribution < 1.29 is 9.53 Å². The molecule has 1 fully saturated rings. The number of piperidine rings is 1. The molecule has 4 heteroatoms. The van der Waals surface area contributed by atoms with Gasteiger partial charge in [0.25, 0.3) is 5.91 Å². The molecule has 2 aliphatic rings. The maximum atomic E-state index is 12.5. The minimum absolute atomic E-state index is 0.146. The van der Waals surface area contributed by atoms with Gasteiger partial charge in [-0.15, -0.1) is 0 Å². The Morgan fingerprint density at radius 1 is 1.30 bits per heavy atom. The Hall–Kier alpha value is -1.55. The maximum Gasteiger partial charge on any atom is 0.263 e. The van der Waals surface area contributed by atoms with Crippen LogP contribution in [-0.2, 0) is 11.2 Å². The van der Waals surface area contributed by atoms with E-state index in [2.05, 4.69) is 0 Å². The van der Waals surface area contributed by atoms with E-state index in [1.807, 2.05) is 29.2 Å². The van der Waals surface area contributed by atoms with Gasteiger partial charge in [0.1, 0.15) is 5.75 Å². The first-order valence-corrected chi connectivity index (χ1v) is 7.51. The number of benzene rings is 1. The molecule has 1 aromatic rings. The van der Waals surface area contributed by atoms with Crippen molar-refractivity contribution in [3.8, 4) is 5.75 Å². The zero-order chi connectivity index (χ0) is 13.9. The van der Waals surface area contributed by atoms with Gasteiger partial charge in [0.2, 0.25) is 0 Å². The van der Waals surface area contributed by atoms with E-state index in [1.54, 1.807) is 0 Å². The lowest BCUT2D eigenvalue weighted by Crippen LogP contribution is -2.45. The van der Waals surface area contributed by atoms with Gasteiger partial charge in [-0.1, -0.05) is 18.2 Å². The molecule has 0 aromatic heterocycles. The van der Waals surface area contributed by atoms with Gasteiger partial charge in [-0.05, 0) is 43.4 Å². The number of rotatable bonds is 3. The summed E-state index contributed by atoms with van der Waals surface area (Å²) in [7, 11) is 0. The first-order chi connectivity index (χ1) is 9.78. The third kappa shape index (κ3) is 2.66. The number of fused-ring (bicyclic) bond motifs is 1. The molecule has 3 rings (SSSR count). The standard InChI is InChI=1S/C16H22N2O2/c17-8-5-12-6-9-18(10-7-12)16(19)15-11-13-3-1-2-4-14(13)20-15/h1-4,12,15H,5-11,17H2. The topological polar surface area (TPSA) is 55.6 Å². The van der Waals surface area contributed by atoms with E-state index in [0.29, 0.717) is 12.3 Å². The highest BCUT2D eigenvalue weighted by Crippen LogP contribution is 2.30. The van der Waals surface area contributed by atoms with Crippen molar-refractivity contribution in [2.24, 2.45) is 11.7 Å². The van der Waals surface area contributed by atoms with Gasteiger partial charge in [0, 0.05) is 19.5 Å². The van der Waals surface area contributed by atoms with Gasteiger partial charge in [-0.25, -0.2) is 0 Å². The molecule has 0 radical (unpaired) electrons. The van der Waals surface area contributed by atoms with Crippen LogP contribution in [-0.4, -0.2) is 36.5 Å². The van der Waals surface area contributed by atoms with E-state index in [0.717, 1.165) is 50.2 Å². The minimum Gasteiger partial charge on any atom is -0.480 e. The van der Waals surface area contributed by atoms with Gasteiger partial charge in [-0.3, -0.25) is 4.79 Å². The van der Waals surface area contributed by atoms with Gasteiger partial charge in [0.15, 0.2) is 6.10 Å². The number of hydrogen-bond acceptors (Lipinski definition) is 3. The maximum absolute atomic E-state index is 12.5. The number of nitrogens with two attached hydrogens (primary N) is 1. The molecule has 1 aromatic carbocycles. The van der Waals surface area contributed by atoms with Crippen LogP contribution in [0, 0.1) is 5.92 Å². The lowest BCUT2D eigenvalue weighted by Gasteiger charge is -2.33. The van der Waals surface area contributed by atoms with Crippen LogP contribution >= 0.6 is 0 Å². The van der Waals surface area contributed by atoms with Crippen LogP contribution in [0.1, 0.15) is 24.8 Å². The normalized spacial score (nSPS) is 22.4. The molecule has 1 saturated heterocycles. The van der Waals surface area contributed by atoms with E-state index < -0.39 is 0 Å². The molecular weight excluding hydrogens is 252 g/mol. The number of carbonyl (C=O) groups excluding carboxylic acids is 1. The second-order valence-corrected chi connectivity index (χ2v) is 5.76. The Kier molecular flexibility index (Phi) is 3.92.